The molecule has 3 aliphatic heterocycles. The number of benzene rings is 1. The zero-order valence-corrected chi connectivity index (χ0v) is 22.6. The van der Waals surface area contributed by atoms with Gasteiger partial charge in [0.15, 0.2) is 5.78 Å². The van der Waals surface area contributed by atoms with Crippen molar-refractivity contribution >= 4 is 22.6 Å². The summed E-state index contributed by atoms with van der Waals surface area (Å²) in [7, 11) is 0. The summed E-state index contributed by atoms with van der Waals surface area (Å²) in [5.74, 6) is 0.536. The molecule has 2 saturated heterocycles. The molecule has 3 N–H and O–H groups in total. The van der Waals surface area contributed by atoms with E-state index in [1.807, 2.05) is 25.1 Å². The maximum Gasteiger partial charge on any atom is 0.233 e. The summed E-state index contributed by atoms with van der Waals surface area (Å²) in [5.41, 5.74) is 2.70. The minimum atomic E-state index is -0.822. The average molecular weight is 512 g/mol. The van der Waals surface area contributed by atoms with Crippen LogP contribution in [-0.4, -0.2) is 39.4 Å². The zero-order chi connectivity index (χ0) is 26.4. The van der Waals surface area contributed by atoms with E-state index in [-0.39, 0.29) is 53.1 Å². The lowest BCUT2D eigenvalue weighted by molar-refractivity contribution is -0.127. The summed E-state index contributed by atoms with van der Waals surface area (Å²) in [6, 6.07) is 12.2. The summed E-state index contributed by atoms with van der Waals surface area (Å²) in [6.45, 7) is 8.70. The highest BCUT2D eigenvalue weighted by Gasteiger charge is 2.77. The number of para-hydroxylation sites is 1. The van der Waals surface area contributed by atoms with E-state index in [9.17, 15) is 9.59 Å². The SMILES string of the molecule is C[C@H]1C/C=C/[C@H]2[C@@H]3O[C@]3(C)[C@@H](C)C3[C@H](Cc4c[nH]c5ccccc45)NC(=O)[C@]32c2ccc([nH]2)C(=O)[C@H](C)C1. The van der Waals surface area contributed by atoms with Crippen LogP contribution in [0.2, 0.25) is 0 Å². The van der Waals surface area contributed by atoms with Gasteiger partial charge in [0, 0.05) is 46.6 Å². The largest absolute Gasteiger partial charge is 0.365 e. The first-order valence-electron chi connectivity index (χ1n) is 14.2. The molecule has 2 bridgehead atoms. The number of nitrogens with one attached hydrogen (secondary N) is 3. The lowest BCUT2D eigenvalue weighted by Gasteiger charge is -2.46. The molecule has 1 spiro atoms. The quantitative estimate of drug-likeness (QED) is 0.321. The van der Waals surface area contributed by atoms with Gasteiger partial charge in [-0.3, -0.25) is 9.59 Å². The molecule has 2 aromatic heterocycles. The van der Waals surface area contributed by atoms with Gasteiger partial charge in [-0.25, -0.2) is 0 Å². The molecule has 4 aliphatic rings. The van der Waals surface area contributed by atoms with Crippen LogP contribution in [0.15, 0.2) is 54.7 Å². The third kappa shape index (κ3) is 3.16. The van der Waals surface area contributed by atoms with Gasteiger partial charge in [-0.2, -0.15) is 0 Å². The highest BCUT2D eigenvalue weighted by Crippen LogP contribution is 2.66. The summed E-state index contributed by atoms with van der Waals surface area (Å²) >= 11 is 0. The van der Waals surface area contributed by atoms with Crippen molar-refractivity contribution in [3.63, 3.8) is 0 Å². The van der Waals surface area contributed by atoms with Crippen LogP contribution in [0, 0.1) is 29.6 Å². The monoisotopic (exact) mass is 511 g/mol. The Morgan fingerprint density at radius 2 is 1.89 bits per heavy atom. The van der Waals surface area contributed by atoms with E-state index < -0.39 is 5.41 Å². The number of carbonyl (C=O) groups is 2. The van der Waals surface area contributed by atoms with Gasteiger partial charge in [-0.1, -0.05) is 51.1 Å². The molecule has 3 fully saturated rings. The van der Waals surface area contributed by atoms with E-state index in [0.717, 1.165) is 30.5 Å². The van der Waals surface area contributed by atoms with Crippen LogP contribution >= 0.6 is 0 Å². The first-order valence-corrected chi connectivity index (χ1v) is 14.2. The molecule has 5 heterocycles. The zero-order valence-electron chi connectivity index (χ0n) is 22.6. The molecular weight excluding hydrogens is 474 g/mol. The standard InChI is InChI=1S/C32H37N3O3/c1-17-8-7-10-22-29-31(4,38-29)19(3)27-25(15-20-16-33-23-11-6-5-9-21(20)23)35-30(37)32(22,27)26-13-12-24(34-26)28(36)18(2)14-17/h5-7,9-13,16-19,22,25,27,29,33-34H,8,14-15H2,1-4H3,(H,35,37)/b10-7+/t17-,18+,19-,22-,25-,27?,29-,31+,32+/m0/s1. The number of aromatic nitrogens is 2. The number of H-pyrrole nitrogens is 2. The lowest BCUT2D eigenvalue weighted by Crippen LogP contribution is -2.57. The first kappa shape index (κ1) is 24.0. The summed E-state index contributed by atoms with van der Waals surface area (Å²) in [6.07, 6.45) is 9.05. The van der Waals surface area contributed by atoms with Crippen molar-refractivity contribution in [2.24, 2.45) is 29.6 Å². The van der Waals surface area contributed by atoms with Crippen molar-refractivity contribution in [3.05, 3.63) is 71.7 Å². The van der Waals surface area contributed by atoms with Crippen LogP contribution in [-0.2, 0) is 21.4 Å². The molecule has 6 heteroatoms. The van der Waals surface area contributed by atoms with Crippen LogP contribution in [0.4, 0.5) is 0 Å². The number of Topliss-reactive ketones (excluding diaryl/α,β-unsaturated/α-hetero) is 1. The number of allylic oxidation sites excluding steroid dienone is 1. The predicted octanol–water partition coefficient (Wildman–Crippen LogP) is 5.32. The van der Waals surface area contributed by atoms with Gasteiger partial charge in [0.1, 0.15) is 5.41 Å². The second-order valence-corrected chi connectivity index (χ2v) is 12.6. The second kappa shape index (κ2) is 8.19. The molecule has 7 rings (SSSR count). The summed E-state index contributed by atoms with van der Waals surface area (Å²) < 4.78 is 6.50. The van der Waals surface area contributed by atoms with E-state index >= 15 is 0 Å². The van der Waals surface area contributed by atoms with Gasteiger partial charge < -0.3 is 20.0 Å². The van der Waals surface area contributed by atoms with Crippen LogP contribution in [0.3, 0.4) is 0 Å². The normalized spacial score (nSPS) is 40.9. The number of hydrogen-bond acceptors (Lipinski definition) is 3. The molecule has 1 aromatic carbocycles. The lowest BCUT2D eigenvalue weighted by atomic mass is 9.52. The fourth-order valence-corrected chi connectivity index (χ4v) is 8.35. The molecule has 9 atom stereocenters. The molecule has 38 heavy (non-hydrogen) atoms. The number of hydrogen-bond donors (Lipinski definition) is 3. The fourth-order valence-electron chi connectivity index (χ4n) is 8.35. The second-order valence-electron chi connectivity index (χ2n) is 12.6. The van der Waals surface area contributed by atoms with Crippen LogP contribution in [0.1, 0.15) is 62.3 Å². The Morgan fingerprint density at radius 3 is 2.74 bits per heavy atom. The van der Waals surface area contributed by atoms with Crippen molar-refractivity contribution in [3.8, 4) is 0 Å². The van der Waals surface area contributed by atoms with E-state index in [0.29, 0.717) is 11.6 Å². The van der Waals surface area contributed by atoms with Crippen molar-refractivity contribution in [1.29, 1.82) is 0 Å². The minimum Gasteiger partial charge on any atom is -0.365 e. The van der Waals surface area contributed by atoms with Crippen LogP contribution in [0.25, 0.3) is 10.9 Å². The summed E-state index contributed by atoms with van der Waals surface area (Å²) in [5, 5.41) is 4.67. The number of rotatable bonds is 2. The third-order valence-corrected chi connectivity index (χ3v) is 10.4. The minimum absolute atomic E-state index is 0.00134. The smallest absolute Gasteiger partial charge is 0.233 e. The number of aromatic amines is 2. The van der Waals surface area contributed by atoms with Crippen molar-refractivity contribution in [2.75, 3.05) is 0 Å². The Hall–Kier alpha value is -3.12. The molecule has 1 saturated carbocycles. The Balaban J connectivity index is 1.38. The Bertz CT molecular complexity index is 1470. The number of carbonyl (C=O) groups excluding carboxylic acids is 2. The van der Waals surface area contributed by atoms with Crippen LogP contribution in [0.5, 0.6) is 0 Å². The molecule has 198 valence electrons. The molecule has 0 radical (unpaired) electrons. The molecule has 1 unspecified atom stereocenters. The van der Waals surface area contributed by atoms with Crippen molar-refractivity contribution in [1.82, 2.24) is 15.3 Å². The first-order chi connectivity index (χ1) is 18.2. The van der Waals surface area contributed by atoms with E-state index in [4.69, 9.17) is 4.74 Å². The highest BCUT2D eigenvalue weighted by molar-refractivity contribution is 5.97. The van der Waals surface area contributed by atoms with Gasteiger partial charge in [0.2, 0.25) is 5.91 Å². The highest BCUT2D eigenvalue weighted by atomic mass is 16.6. The number of ketones is 1. The number of ether oxygens (including phenoxy) is 1. The third-order valence-electron chi connectivity index (χ3n) is 10.4. The molecule has 1 aliphatic carbocycles. The number of epoxide rings is 1. The Labute approximate surface area is 223 Å². The van der Waals surface area contributed by atoms with Gasteiger partial charge in [-0.05, 0) is 61.8 Å². The Morgan fingerprint density at radius 1 is 1.08 bits per heavy atom. The van der Waals surface area contributed by atoms with Gasteiger partial charge >= 0.3 is 0 Å². The van der Waals surface area contributed by atoms with E-state index in [1.54, 1.807) is 0 Å². The molecule has 1 amide bonds. The van der Waals surface area contributed by atoms with Gasteiger partial charge in [-0.15, -0.1) is 0 Å². The Kier molecular flexibility index (Phi) is 5.16. The van der Waals surface area contributed by atoms with Crippen molar-refractivity contribution in [2.45, 2.75) is 70.1 Å². The fraction of sp³-hybridized carbons (Fsp3) is 0.500. The number of amides is 1. The number of fused-ring (bicyclic) bond motifs is 5. The molecule has 3 aromatic rings. The maximum absolute atomic E-state index is 14.4. The molecule has 6 nitrogen and oxygen atoms in total. The van der Waals surface area contributed by atoms with Gasteiger partial charge in [0.05, 0.1) is 17.4 Å². The topological polar surface area (TPSA) is 90.3 Å². The molecular formula is C32H37N3O3. The maximum atomic E-state index is 14.4. The van der Waals surface area contributed by atoms with E-state index in [2.05, 4.69) is 72.6 Å². The van der Waals surface area contributed by atoms with Gasteiger partial charge in [0.25, 0.3) is 0 Å². The van der Waals surface area contributed by atoms with Crippen molar-refractivity contribution < 1.29 is 14.3 Å². The van der Waals surface area contributed by atoms with Crippen LogP contribution < -0.4 is 5.32 Å². The predicted molar refractivity (Wildman–Crippen MR) is 147 cm³/mol. The summed E-state index contributed by atoms with van der Waals surface area (Å²) in [4.78, 5) is 34.7. The van der Waals surface area contributed by atoms with E-state index in [1.165, 1.54) is 10.9 Å². The average Bonchev–Trinajstić information content (AvgIpc) is 3.23.